The lowest BCUT2D eigenvalue weighted by molar-refractivity contribution is 0.690. The number of rotatable bonds is 2. The van der Waals surface area contributed by atoms with Gasteiger partial charge in [-0.1, -0.05) is 0 Å². The van der Waals surface area contributed by atoms with Crippen LogP contribution in [0.3, 0.4) is 0 Å². The molecule has 0 heterocycles. The Kier molecular flexibility index (Phi) is 3.32. The molecule has 3 nitrogen and oxygen atoms in total. The van der Waals surface area contributed by atoms with E-state index in [1.54, 1.807) is 0 Å². The molecule has 0 amide bonds. The van der Waals surface area contributed by atoms with Crippen molar-refractivity contribution in [2.45, 2.75) is 20.8 Å². The van der Waals surface area contributed by atoms with Gasteiger partial charge in [-0.25, -0.2) is 0 Å². The third-order valence-electron chi connectivity index (χ3n) is 1.54. The number of nitrogens with zero attached hydrogens (tertiary/aromatic N) is 2. The van der Waals surface area contributed by atoms with E-state index in [9.17, 15) is 0 Å². The van der Waals surface area contributed by atoms with Gasteiger partial charge in [-0.2, -0.15) is 5.26 Å². The van der Waals surface area contributed by atoms with Crippen molar-refractivity contribution in [2.75, 3.05) is 0 Å². The second-order valence-electron chi connectivity index (χ2n) is 2.79. The number of nitrogens with two attached hydrogens (primary N) is 1. The van der Waals surface area contributed by atoms with Gasteiger partial charge in [0.2, 0.25) is 0 Å². The first-order valence-corrected chi connectivity index (χ1v) is 3.37. The summed E-state index contributed by atoms with van der Waals surface area (Å²) in [4.78, 5) is 3.97. The van der Waals surface area contributed by atoms with E-state index in [1.165, 1.54) is 12.4 Å². The predicted octanol–water partition coefficient (Wildman–Crippen LogP) is 1.43. The highest BCUT2D eigenvalue weighted by molar-refractivity contribution is 5.90. The van der Waals surface area contributed by atoms with Gasteiger partial charge < -0.3 is 5.73 Å². The molecule has 0 aromatic heterocycles. The van der Waals surface area contributed by atoms with E-state index in [1.807, 2.05) is 20.8 Å². The lowest BCUT2D eigenvalue weighted by Crippen LogP contribution is -2.18. The Hall–Kier alpha value is -1.30. The number of hydrogen-bond donors (Lipinski definition) is 1. The molecular weight excluding hydrogens is 138 g/mol. The van der Waals surface area contributed by atoms with Gasteiger partial charge in [0.25, 0.3) is 0 Å². The highest BCUT2D eigenvalue weighted by Gasteiger charge is 2.19. The standard InChI is InChI=1S/C8H13N3/c1-7(11-5-4-9)8(2,3)6-10/h4-5H,9H2,1-3H3/b5-4+,11-7-. The summed E-state index contributed by atoms with van der Waals surface area (Å²) in [6, 6.07) is 2.14. The molecule has 0 aliphatic rings. The van der Waals surface area contributed by atoms with Gasteiger partial charge in [0, 0.05) is 18.1 Å². The average molecular weight is 151 g/mol. The summed E-state index contributed by atoms with van der Waals surface area (Å²) >= 11 is 0. The van der Waals surface area contributed by atoms with Crippen LogP contribution in [0.1, 0.15) is 20.8 Å². The monoisotopic (exact) mass is 151 g/mol. The Morgan fingerprint density at radius 1 is 1.64 bits per heavy atom. The van der Waals surface area contributed by atoms with E-state index in [0.717, 1.165) is 5.71 Å². The average Bonchev–Trinajstić information content (AvgIpc) is 2.00. The smallest absolute Gasteiger partial charge is 0.0895 e. The Morgan fingerprint density at radius 2 is 2.18 bits per heavy atom. The maximum absolute atomic E-state index is 8.68. The second kappa shape index (κ2) is 3.77. The molecule has 0 spiro atoms. The van der Waals surface area contributed by atoms with Crippen LogP contribution in [-0.4, -0.2) is 5.71 Å². The van der Waals surface area contributed by atoms with Crippen molar-refractivity contribution in [2.24, 2.45) is 16.1 Å². The molecule has 0 aromatic carbocycles. The van der Waals surface area contributed by atoms with Gasteiger partial charge in [0.05, 0.1) is 11.5 Å². The van der Waals surface area contributed by atoms with Gasteiger partial charge in [-0.3, -0.25) is 4.99 Å². The van der Waals surface area contributed by atoms with Gasteiger partial charge in [0.1, 0.15) is 0 Å². The molecule has 11 heavy (non-hydrogen) atoms. The summed E-state index contributed by atoms with van der Waals surface area (Å²) in [5.41, 5.74) is 5.36. The molecule has 0 aliphatic heterocycles. The molecule has 0 rings (SSSR count). The highest BCUT2D eigenvalue weighted by Crippen LogP contribution is 2.15. The van der Waals surface area contributed by atoms with Crippen LogP contribution in [0.4, 0.5) is 0 Å². The Balaban J connectivity index is 4.49. The van der Waals surface area contributed by atoms with Gasteiger partial charge in [0.15, 0.2) is 0 Å². The number of aliphatic imine (C=N–C) groups is 1. The van der Waals surface area contributed by atoms with Crippen LogP contribution < -0.4 is 5.73 Å². The molecule has 0 saturated carbocycles. The molecule has 0 aliphatic carbocycles. The van der Waals surface area contributed by atoms with E-state index in [0.29, 0.717) is 0 Å². The van der Waals surface area contributed by atoms with Crippen LogP contribution in [0.25, 0.3) is 0 Å². The first-order chi connectivity index (χ1) is 5.04. The van der Waals surface area contributed by atoms with E-state index in [4.69, 9.17) is 11.0 Å². The molecule has 0 saturated heterocycles. The lowest BCUT2D eigenvalue weighted by atomic mass is 9.90. The quantitative estimate of drug-likeness (QED) is 0.607. The van der Waals surface area contributed by atoms with Gasteiger partial charge in [-0.15, -0.1) is 0 Å². The molecule has 3 heteroatoms. The van der Waals surface area contributed by atoms with Crippen LogP contribution in [-0.2, 0) is 0 Å². The molecule has 2 N–H and O–H groups in total. The summed E-state index contributed by atoms with van der Waals surface area (Å²) in [6.45, 7) is 5.44. The third kappa shape index (κ3) is 2.85. The fourth-order valence-electron chi connectivity index (χ4n) is 0.397. The molecule has 0 unspecified atom stereocenters. The van der Waals surface area contributed by atoms with Crippen LogP contribution in [0.15, 0.2) is 17.4 Å². The summed E-state index contributed by atoms with van der Waals surface area (Å²) in [5, 5.41) is 8.68. The first-order valence-electron chi connectivity index (χ1n) is 3.37. The molecular formula is C8H13N3. The molecule has 0 fully saturated rings. The van der Waals surface area contributed by atoms with Crippen LogP contribution in [0, 0.1) is 16.7 Å². The van der Waals surface area contributed by atoms with Crippen molar-refractivity contribution < 1.29 is 0 Å². The normalized spacial score (nSPS) is 13.5. The van der Waals surface area contributed by atoms with E-state index in [2.05, 4.69) is 11.1 Å². The topological polar surface area (TPSA) is 62.2 Å². The van der Waals surface area contributed by atoms with Gasteiger partial charge in [-0.05, 0) is 20.8 Å². The van der Waals surface area contributed by atoms with E-state index >= 15 is 0 Å². The van der Waals surface area contributed by atoms with Crippen molar-refractivity contribution >= 4 is 5.71 Å². The van der Waals surface area contributed by atoms with Crippen molar-refractivity contribution in [1.82, 2.24) is 0 Å². The minimum Gasteiger partial charge on any atom is -0.403 e. The summed E-state index contributed by atoms with van der Waals surface area (Å²) < 4.78 is 0. The lowest BCUT2D eigenvalue weighted by Gasteiger charge is -2.13. The highest BCUT2D eigenvalue weighted by atomic mass is 14.7. The molecule has 0 bridgehead atoms. The maximum Gasteiger partial charge on any atom is 0.0895 e. The zero-order valence-electron chi connectivity index (χ0n) is 7.13. The Labute approximate surface area is 67.2 Å². The third-order valence-corrected chi connectivity index (χ3v) is 1.54. The zero-order chi connectivity index (χ0) is 8.91. The Bertz CT molecular complexity index is 218. The second-order valence-corrected chi connectivity index (χ2v) is 2.79. The zero-order valence-corrected chi connectivity index (χ0v) is 7.13. The van der Waals surface area contributed by atoms with E-state index in [-0.39, 0.29) is 0 Å². The minimum atomic E-state index is -0.500. The predicted molar refractivity (Wildman–Crippen MR) is 45.8 cm³/mol. The molecule has 60 valence electrons. The number of hydrogen-bond acceptors (Lipinski definition) is 3. The van der Waals surface area contributed by atoms with Crippen molar-refractivity contribution in [3.63, 3.8) is 0 Å². The first kappa shape index (κ1) is 9.70. The van der Waals surface area contributed by atoms with Crippen molar-refractivity contribution in [3.05, 3.63) is 12.4 Å². The number of nitriles is 1. The van der Waals surface area contributed by atoms with Crippen LogP contribution in [0.5, 0.6) is 0 Å². The molecule has 0 aromatic rings. The summed E-state index contributed by atoms with van der Waals surface area (Å²) in [7, 11) is 0. The summed E-state index contributed by atoms with van der Waals surface area (Å²) in [6.07, 6.45) is 2.82. The Morgan fingerprint density at radius 3 is 2.55 bits per heavy atom. The van der Waals surface area contributed by atoms with Gasteiger partial charge >= 0.3 is 0 Å². The van der Waals surface area contributed by atoms with Crippen molar-refractivity contribution in [1.29, 1.82) is 5.26 Å². The van der Waals surface area contributed by atoms with E-state index < -0.39 is 5.41 Å². The summed E-state index contributed by atoms with van der Waals surface area (Å²) in [5.74, 6) is 0. The minimum absolute atomic E-state index is 0.500. The fraction of sp³-hybridized carbons (Fsp3) is 0.500. The van der Waals surface area contributed by atoms with Crippen LogP contribution >= 0.6 is 0 Å². The van der Waals surface area contributed by atoms with Crippen LogP contribution in [0.2, 0.25) is 0 Å². The fourth-order valence-corrected chi connectivity index (χ4v) is 0.397. The largest absolute Gasteiger partial charge is 0.403 e. The SMILES string of the molecule is C/C(=N/C=C/N)C(C)(C)C#N. The molecule has 0 atom stereocenters. The van der Waals surface area contributed by atoms with Crippen molar-refractivity contribution in [3.8, 4) is 6.07 Å². The molecule has 0 radical (unpaired) electrons. The maximum atomic E-state index is 8.68.